The Bertz CT molecular complexity index is 1070. The van der Waals surface area contributed by atoms with Gasteiger partial charge in [-0.2, -0.15) is 13.2 Å². The summed E-state index contributed by atoms with van der Waals surface area (Å²) in [7, 11) is 0. The number of anilines is 2. The molecule has 0 radical (unpaired) electrons. The second kappa shape index (κ2) is 7.78. The number of nitrogens with zero attached hydrogens (tertiary/aromatic N) is 1. The van der Waals surface area contributed by atoms with Crippen molar-refractivity contribution in [1.82, 2.24) is 5.16 Å². The fraction of sp³-hybridized carbons (Fsp3) is 0.150. The molecule has 0 saturated carbocycles. The monoisotopic (exact) mass is 403 g/mol. The largest absolute Gasteiger partial charge is 0.416 e. The molecule has 1 aromatic heterocycles. The molecule has 0 aliphatic heterocycles. The molecule has 3 aromatic rings. The topological polar surface area (TPSA) is 84.2 Å². The molecule has 0 aliphatic carbocycles. The Kier molecular flexibility index (Phi) is 5.40. The average molecular weight is 403 g/mol. The summed E-state index contributed by atoms with van der Waals surface area (Å²) in [4.78, 5) is 24.7. The van der Waals surface area contributed by atoms with Crippen LogP contribution in [-0.4, -0.2) is 17.0 Å². The third kappa shape index (κ3) is 4.81. The number of carbonyl (C=O) groups is 2. The third-order valence-corrected chi connectivity index (χ3v) is 4.05. The van der Waals surface area contributed by atoms with Crippen molar-refractivity contribution in [2.75, 3.05) is 10.6 Å². The van der Waals surface area contributed by atoms with Gasteiger partial charge in [0.25, 0.3) is 11.8 Å². The van der Waals surface area contributed by atoms with Crippen LogP contribution in [0.25, 0.3) is 0 Å². The molecule has 29 heavy (non-hydrogen) atoms. The van der Waals surface area contributed by atoms with E-state index in [1.807, 2.05) is 0 Å². The molecule has 6 nitrogen and oxygen atoms in total. The third-order valence-electron chi connectivity index (χ3n) is 4.05. The van der Waals surface area contributed by atoms with Crippen molar-refractivity contribution >= 4 is 23.2 Å². The van der Waals surface area contributed by atoms with Gasteiger partial charge in [0.05, 0.1) is 11.3 Å². The first-order valence-electron chi connectivity index (χ1n) is 8.47. The van der Waals surface area contributed by atoms with Crippen molar-refractivity contribution in [3.8, 4) is 0 Å². The van der Waals surface area contributed by atoms with Gasteiger partial charge in [0.15, 0.2) is 0 Å². The van der Waals surface area contributed by atoms with Crippen LogP contribution in [0.5, 0.6) is 0 Å². The highest BCUT2D eigenvalue weighted by Crippen LogP contribution is 2.30. The summed E-state index contributed by atoms with van der Waals surface area (Å²) in [5.41, 5.74) is 0.895. The van der Waals surface area contributed by atoms with Crippen molar-refractivity contribution < 1.29 is 27.3 Å². The van der Waals surface area contributed by atoms with Gasteiger partial charge in [-0.25, -0.2) is 0 Å². The molecule has 2 N–H and O–H groups in total. The highest BCUT2D eigenvalue weighted by Gasteiger charge is 2.30. The van der Waals surface area contributed by atoms with Crippen LogP contribution in [0.15, 0.2) is 53.1 Å². The number of carbonyl (C=O) groups excluding carboxylic acids is 2. The molecule has 0 fully saturated rings. The fourth-order valence-corrected chi connectivity index (χ4v) is 2.53. The van der Waals surface area contributed by atoms with Gasteiger partial charge < -0.3 is 15.2 Å². The number of amides is 2. The van der Waals surface area contributed by atoms with E-state index in [4.69, 9.17) is 4.52 Å². The predicted octanol–water partition coefficient (Wildman–Crippen LogP) is 4.81. The molecule has 150 valence electrons. The van der Waals surface area contributed by atoms with Gasteiger partial charge in [0, 0.05) is 23.0 Å². The van der Waals surface area contributed by atoms with E-state index in [1.165, 1.54) is 30.3 Å². The van der Waals surface area contributed by atoms with Crippen molar-refractivity contribution in [2.24, 2.45) is 0 Å². The maximum Gasteiger partial charge on any atom is 0.416 e. The smallest absolute Gasteiger partial charge is 0.351 e. The number of alkyl halides is 3. The molecule has 0 bridgehead atoms. The first kappa shape index (κ1) is 20.1. The van der Waals surface area contributed by atoms with Crippen LogP contribution in [0.4, 0.5) is 24.5 Å². The molecule has 2 aromatic carbocycles. The number of aromatic nitrogens is 1. The maximum absolute atomic E-state index is 12.8. The van der Waals surface area contributed by atoms with E-state index in [2.05, 4.69) is 15.8 Å². The molecular weight excluding hydrogens is 387 g/mol. The van der Waals surface area contributed by atoms with Gasteiger partial charge in [-0.15, -0.1) is 0 Å². The number of hydrogen-bond acceptors (Lipinski definition) is 4. The summed E-state index contributed by atoms with van der Waals surface area (Å²) < 4.78 is 43.4. The van der Waals surface area contributed by atoms with Gasteiger partial charge in [0.2, 0.25) is 5.76 Å². The minimum atomic E-state index is -4.51. The molecule has 0 spiro atoms. The van der Waals surface area contributed by atoms with E-state index in [0.29, 0.717) is 16.9 Å². The van der Waals surface area contributed by atoms with Crippen LogP contribution in [0.3, 0.4) is 0 Å². The van der Waals surface area contributed by atoms with Gasteiger partial charge in [-0.3, -0.25) is 9.59 Å². The van der Waals surface area contributed by atoms with Gasteiger partial charge >= 0.3 is 6.18 Å². The van der Waals surface area contributed by atoms with Crippen LogP contribution < -0.4 is 10.6 Å². The van der Waals surface area contributed by atoms with Crippen LogP contribution in [0.2, 0.25) is 0 Å². The molecule has 0 saturated heterocycles. The van der Waals surface area contributed by atoms with E-state index >= 15 is 0 Å². The Morgan fingerprint density at radius 3 is 2.38 bits per heavy atom. The maximum atomic E-state index is 12.8. The molecular formula is C20H16F3N3O3. The second-order valence-corrected chi connectivity index (χ2v) is 6.35. The van der Waals surface area contributed by atoms with Crippen LogP contribution >= 0.6 is 0 Å². The zero-order valence-electron chi connectivity index (χ0n) is 15.4. The Morgan fingerprint density at radius 1 is 0.966 bits per heavy atom. The Labute approximate surface area is 163 Å². The summed E-state index contributed by atoms with van der Waals surface area (Å²) >= 11 is 0. The van der Waals surface area contributed by atoms with Crippen molar-refractivity contribution in [3.05, 3.63) is 76.7 Å². The normalized spacial score (nSPS) is 11.2. The van der Waals surface area contributed by atoms with E-state index in [1.54, 1.807) is 19.9 Å². The van der Waals surface area contributed by atoms with E-state index in [9.17, 15) is 22.8 Å². The summed E-state index contributed by atoms with van der Waals surface area (Å²) in [6.07, 6.45) is -4.51. The standard InChI is InChI=1S/C20H16F3N3O3/c1-11-6-7-13(9-16(11)25-19(28)17-8-12(2)26-29-17)18(27)24-15-5-3-4-14(10-15)20(21,22)23/h3-10H,1-2H3,(H,24,27)(H,25,28). The average Bonchev–Trinajstić information content (AvgIpc) is 3.09. The highest BCUT2D eigenvalue weighted by atomic mass is 19.4. The SMILES string of the molecule is Cc1cc(C(=O)Nc2cc(C(=O)Nc3cccc(C(F)(F)F)c3)ccc2C)on1. The summed E-state index contributed by atoms with van der Waals surface area (Å²) in [6.45, 7) is 3.40. The van der Waals surface area contributed by atoms with Crippen molar-refractivity contribution in [2.45, 2.75) is 20.0 Å². The predicted molar refractivity (Wildman–Crippen MR) is 99.8 cm³/mol. The first-order valence-corrected chi connectivity index (χ1v) is 8.47. The van der Waals surface area contributed by atoms with E-state index in [0.717, 1.165) is 12.1 Å². The van der Waals surface area contributed by atoms with Crippen LogP contribution in [-0.2, 0) is 6.18 Å². The molecule has 1 heterocycles. The Hall–Kier alpha value is -3.62. The molecule has 9 heteroatoms. The zero-order valence-corrected chi connectivity index (χ0v) is 15.4. The van der Waals surface area contributed by atoms with Gasteiger partial charge in [0.1, 0.15) is 0 Å². The number of halogens is 3. The quantitative estimate of drug-likeness (QED) is 0.655. The number of benzene rings is 2. The minimum absolute atomic E-state index is 0.00752. The Morgan fingerprint density at radius 2 is 1.72 bits per heavy atom. The van der Waals surface area contributed by atoms with E-state index in [-0.39, 0.29) is 17.0 Å². The number of rotatable bonds is 4. The summed E-state index contributed by atoms with van der Waals surface area (Å²) in [5.74, 6) is -1.14. The fourth-order valence-electron chi connectivity index (χ4n) is 2.53. The van der Waals surface area contributed by atoms with Crippen molar-refractivity contribution in [1.29, 1.82) is 0 Å². The second-order valence-electron chi connectivity index (χ2n) is 6.35. The van der Waals surface area contributed by atoms with Crippen LogP contribution in [0, 0.1) is 13.8 Å². The summed E-state index contributed by atoms with van der Waals surface area (Å²) in [5, 5.41) is 8.69. The van der Waals surface area contributed by atoms with Crippen LogP contribution in [0.1, 0.15) is 37.7 Å². The number of hydrogen-bond donors (Lipinski definition) is 2. The van der Waals surface area contributed by atoms with Gasteiger partial charge in [-0.05, 0) is 49.7 Å². The minimum Gasteiger partial charge on any atom is -0.351 e. The van der Waals surface area contributed by atoms with Crippen molar-refractivity contribution in [3.63, 3.8) is 0 Å². The molecule has 0 atom stereocenters. The van der Waals surface area contributed by atoms with Gasteiger partial charge in [-0.1, -0.05) is 17.3 Å². The Balaban J connectivity index is 1.78. The van der Waals surface area contributed by atoms with E-state index < -0.39 is 23.6 Å². The summed E-state index contributed by atoms with van der Waals surface area (Å²) in [6, 6.07) is 10.3. The lowest BCUT2D eigenvalue weighted by Crippen LogP contribution is -2.15. The molecule has 3 rings (SSSR count). The molecule has 0 aliphatic rings. The first-order chi connectivity index (χ1) is 13.6. The lowest BCUT2D eigenvalue weighted by Gasteiger charge is -2.12. The number of nitrogens with one attached hydrogen (secondary N) is 2. The lowest BCUT2D eigenvalue weighted by molar-refractivity contribution is -0.137. The highest BCUT2D eigenvalue weighted by molar-refractivity contribution is 6.07. The lowest BCUT2D eigenvalue weighted by atomic mass is 10.1. The molecule has 2 amide bonds. The zero-order chi connectivity index (χ0) is 21.2. The molecule has 0 unspecified atom stereocenters. The number of aryl methyl sites for hydroxylation is 2.